The molecular formula is H14BaO4SnTiZr. The van der Waals surface area contributed by atoms with Gasteiger partial charge in [-0.15, -0.1) is 0 Å². The molecule has 8 heavy (non-hydrogen) atoms. The average molecular weight is 473 g/mol. The molecule has 0 rings (SSSR count). The maximum atomic E-state index is 0. The van der Waals surface area contributed by atoms with E-state index in [0.29, 0.717) is 0 Å². The summed E-state index contributed by atoms with van der Waals surface area (Å²) in [4.78, 5) is 0. The predicted octanol–water partition coefficient (Wildman–Crippen LogP) is -4.91. The topological polar surface area (TPSA) is 126 Å². The Morgan fingerprint density at radius 1 is 0.750 bits per heavy atom. The zero-order chi connectivity index (χ0) is 0. The molecule has 0 amide bonds. The summed E-state index contributed by atoms with van der Waals surface area (Å²) in [6.45, 7) is 0. The first-order valence-electron chi connectivity index (χ1n) is 0. The van der Waals surface area contributed by atoms with Gasteiger partial charge in [-0.2, -0.15) is 0 Å². The molecule has 0 fully saturated rings. The maximum absolute atomic E-state index is 0. The molecule has 0 aromatic rings. The van der Waals surface area contributed by atoms with E-state index in [1.807, 2.05) is 0 Å². The Balaban J connectivity index is 0. The summed E-state index contributed by atoms with van der Waals surface area (Å²) in [7, 11) is 0. The van der Waals surface area contributed by atoms with Gasteiger partial charge in [0.05, 0.1) is 0 Å². The van der Waals surface area contributed by atoms with Gasteiger partial charge in [-0.05, 0) is 0 Å². The fraction of sp³-hybridized carbons (Fsp3) is 0. The van der Waals surface area contributed by atoms with Crippen LogP contribution < -0.4 is 0 Å². The van der Waals surface area contributed by atoms with Crippen LogP contribution in [-0.4, -0.2) is 94.7 Å². The van der Waals surface area contributed by atoms with Gasteiger partial charge in [0.25, 0.3) is 0 Å². The van der Waals surface area contributed by atoms with Crippen molar-refractivity contribution in [2.75, 3.05) is 0 Å². The Morgan fingerprint density at radius 3 is 0.750 bits per heavy atom. The molecule has 0 radical (unpaired) electrons. The fourth-order valence-corrected chi connectivity index (χ4v) is 0. The molecule has 8 heteroatoms. The molecule has 0 saturated carbocycles. The quantitative estimate of drug-likeness (QED) is 0.313. The van der Waals surface area contributed by atoms with E-state index in [-0.39, 0.29) is 145 Å². The van der Waals surface area contributed by atoms with Gasteiger partial charge in [0.15, 0.2) is 0 Å². The van der Waals surface area contributed by atoms with Crippen molar-refractivity contribution >= 4 is 72.8 Å². The molecule has 0 bridgehead atoms. The Bertz CT molecular complexity index is 23.2. The minimum absolute atomic E-state index is 0. The molecular weight excluding hydrogens is 459 g/mol. The summed E-state index contributed by atoms with van der Waals surface area (Å²) in [5, 5.41) is 0. The Hall–Kier alpha value is 3.81. The summed E-state index contributed by atoms with van der Waals surface area (Å²) in [5.41, 5.74) is 0. The minimum Gasteiger partial charge on any atom is 0 e. The van der Waals surface area contributed by atoms with Gasteiger partial charge >= 0.3 is 72.8 Å². The van der Waals surface area contributed by atoms with Crippen LogP contribution in [0.2, 0.25) is 0 Å². The zero-order valence-electron chi connectivity index (χ0n) is 5.71. The van der Waals surface area contributed by atoms with E-state index in [0.717, 1.165) is 0 Å². The van der Waals surface area contributed by atoms with Crippen molar-refractivity contribution in [3.63, 3.8) is 0 Å². The summed E-state index contributed by atoms with van der Waals surface area (Å²) in [5.74, 6) is 0. The summed E-state index contributed by atoms with van der Waals surface area (Å²) in [6.07, 6.45) is 0. The van der Waals surface area contributed by atoms with Crippen LogP contribution in [0, 0.1) is 0 Å². The van der Waals surface area contributed by atoms with Crippen LogP contribution in [0.5, 0.6) is 0 Å². The standard InChI is InChI=1S/Ba.4H2O.Sn.Ti.Zr.6H/h;4*1H2;;;;;;;;;/q+2;;;;;;;;;;;;2*-1. The van der Waals surface area contributed by atoms with E-state index < -0.39 is 0 Å². The van der Waals surface area contributed by atoms with Crippen LogP contribution in [0.4, 0.5) is 0 Å². The van der Waals surface area contributed by atoms with Crippen molar-refractivity contribution in [2.45, 2.75) is 0 Å². The zero-order valence-corrected chi connectivity index (χ0v) is 12.2. The molecule has 0 atom stereocenters. The van der Waals surface area contributed by atoms with E-state index in [9.17, 15) is 0 Å². The first-order chi connectivity index (χ1) is 0. The second-order valence-corrected chi connectivity index (χ2v) is 0. The van der Waals surface area contributed by atoms with Crippen molar-refractivity contribution in [2.24, 2.45) is 0 Å². The van der Waals surface area contributed by atoms with Gasteiger partial charge < -0.3 is 24.8 Å². The van der Waals surface area contributed by atoms with Crippen LogP contribution in [-0.2, 0) is 47.9 Å². The normalized spacial score (nSPS) is 0. The second-order valence-electron chi connectivity index (χ2n) is 0. The van der Waals surface area contributed by atoms with Gasteiger partial charge in [-0.1, -0.05) is 0 Å². The maximum Gasteiger partial charge on any atom is 0 e. The molecule has 0 saturated heterocycles. The molecule has 0 unspecified atom stereocenters. The first kappa shape index (κ1) is 95.1. The van der Waals surface area contributed by atoms with Gasteiger partial charge in [0, 0.05) is 47.9 Å². The van der Waals surface area contributed by atoms with Crippen molar-refractivity contribution in [3.05, 3.63) is 0 Å². The Kier molecular flexibility index (Phi) is 853. The van der Waals surface area contributed by atoms with Crippen molar-refractivity contribution in [3.8, 4) is 0 Å². The van der Waals surface area contributed by atoms with E-state index >= 15 is 0 Å². The van der Waals surface area contributed by atoms with Crippen molar-refractivity contribution in [1.29, 1.82) is 0 Å². The largest absolute Gasteiger partial charge is 0 e. The SMILES string of the molecule is O.O.O.O.[Ba+2].[H-].[H-].[SnH4].[Ti].[Zr]. The molecule has 8 N–H and O–H groups in total. The van der Waals surface area contributed by atoms with E-state index in [1.54, 1.807) is 0 Å². The van der Waals surface area contributed by atoms with Crippen molar-refractivity contribution < 1.29 is 72.7 Å². The third kappa shape index (κ3) is 52.5. The van der Waals surface area contributed by atoms with E-state index in [2.05, 4.69) is 0 Å². The number of hydrogen-bond acceptors (Lipinski definition) is 0. The van der Waals surface area contributed by atoms with E-state index in [4.69, 9.17) is 0 Å². The molecule has 52 valence electrons. The molecule has 0 aromatic heterocycles. The third-order valence-corrected chi connectivity index (χ3v) is 0. The van der Waals surface area contributed by atoms with E-state index in [1.165, 1.54) is 0 Å². The summed E-state index contributed by atoms with van der Waals surface area (Å²) in [6, 6.07) is 0. The van der Waals surface area contributed by atoms with Crippen LogP contribution in [0.25, 0.3) is 0 Å². The smallest absolute Gasteiger partial charge is 0 e. The molecule has 0 spiro atoms. The molecule has 0 aromatic carbocycles. The average Bonchev–Trinajstić information content (AvgIpc) is 0. The van der Waals surface area contributed by atoms with Crippen LogP contribution in [0.1, 0.15) is 2.85 Å². The van der Waals surface area contributed by atoms with Gasteiger partial charge in [0.1, 0.15) is 0 Å². The Morgan fingerprint density at radius 2 is 0.750 bits per heavy atom. The van der Waals surface area contributed by atoms with Crippen molar-refractivity contribution in [1.82, 2.24) is 0 Å². The first-order valence-corrected chi connectivity index (χ1v) is 0. The second kappa shape index (κ2) is 71.7. The van der Waals surface area contributed by atoms with Gasteiger partial charge in [-0.25, -0.2) is 0 Å². The summed E-state index contributed by atoms with van der Waals surface area (Å²) >= 11 is 0. The number of hydrogen-bond donors (Lipinski definition) is 0. The predicted molar refractivity (Wildman–Crippen MR) is 33.8 cm³/mol. The monoisotopic (exact) mass is 474 g/mol. The number of rotatable bonds is 0. The summed E-state index contributed by atoms with van der Waals surface area (Å²) < 4.78 is 0. The molecule has 4 nitrogen and oxygen atoms in total. The molecule has 0 aliphatic heterocycles. The van der Waals surface area contributed by atoms with Crippen LogP contribution in [0.15, 0.2) is 0 Å². The van der Waals surface area contributed by atoms with Crippen LogP contribution in [0.3, 0.4) is 0 Å². The minimum atomic E-state index is 0. The molecule has 0 aliphatic rings. The van der Waals surface area contributed by atoms with Crippen LogP contribution >= 0.6 is 0 Å². The molecule has 0 heterocycles. The Labute approximate surface area is 142 Å². The third-order valence-electron chi connectivity index (χ3n) is 0. The van der Waals surface area contributed by atoms with Gasteiger partial charge in [0.2, 0.25) is 0 Å². The van der Waals surface area contributed by atoms with Gasteiger partial charge in [-0.3, -0.25) is 0 Å². The molecule has 0 aliphatic carbocycles. The fourth-order valence-electron chi connectivity index (χ4n) is 0.